The van der Waals surface area contributed by atoms with Crippen molar-refractivity contribution in [2.45, 2.75) is 80.7 Å². The summed E-state index contributed by atoms with van der Waals surface area (Å²) < 4.78 is 85.3. The van der Waals surface area contributed by atoms with Crippen LogP contribution in [0.1, 0.15) is 56.2 Å². The molecule has 9 rings (SSSR count). The van der Waals surface area contributed by atoms with Gasteiger partial charge in [0, 0.05) is 36.8 Å². The second-order valence-corrected chi connectivity index (χ2v) is 14.3. The first-order valence-corrected chi connectivity index (χ1v) is 16.8. The molecule has 8 nitrogen and oxygen atoms in total. The first-order chi connectivity index (χ1) is 23.5. The van der Waals surface area contributed by atoms with Crippen molar-refractivity contribution in [2.24, 2.45) is 0 Å². The zero-order chi connectivity index (χ0) is 33.9. The summed E-state index contributed by atoms with van der Waals surface area (Å²) in [5, 5.41) is 14.0. The van der Waals surface area contributed by atoms with Gasteiger partial charge in [-0.2, -0.15) is 9.97 Å². The minimum atomic E-state index is -2.03. The van der Waals surface area contributed by atoms with E-state index in [-0.39, 0.29) is 89.5 Å². The quantitative estimate of drug-likeness (QED) is 0.155. The number of aromatic nitrogens is 3. The van der Waals surface area contributed by atoms with Crippen LogP contribution >= 0.6 is 0 Å². The van der Waals surface area contributed by atoms with Crippen LogP contribution in [0.25, 0.3) is 32.9 Å². The number of hydrogen-bond acceptors (Lipinski definition) is 8. The molecule has 0 aliphatic carbocycles. The molecular formula is C36H33F5N6O2. The number of aryl methyl sites for hydroxylation is 1. The number of phenolic OH excluding ortho intramolecular Hbond substituents is 1. The molecule has 4 aromatic rings. The van der Waals surface area contributed by atoms with E-state index in [1.165, 1.54) is 24.3 Å². The lowest BCUT2D eigenvalue weighted by atomic mass is 9.91. The van der Waals surface area contributed by atoms with Crippen molar-refractivity contribution in [2.75, 3.05) is 31.1 Å². The number of piperazine rings is 1. The van der Waals surface area contributed by atoms with E-state index >= 15 is 13.2 Å². The molecule has 5 aliphatic heterocycles. The third-order valence-corrected chi connectivity index (χ3v) is 11.3. The van der Waals surface area contributed by atoms with Gasteiger partial charge in [0.2, 0.25) is 0 Å². The molecule has 254 valence electrons. The van der Waals surface area contributed by atoms with E-state index in [1.54, 1.807) is 4.90 Å². The number of nitrogens with zero attached hydrogens (tertiary/aromatic N) is 5. The predicted octanol–water partition coefficient (Wildman–Crippen LogP) is 6.01. The number of benzene rings is 2. The highest BCUT2D eigenvalue weighted by Gasteiger charge is 2.60. The van der Waals surface area contributed by atoms with Gasteiger partial charge in [-0.05, 0) is 62.2 Å². The SMILES string of the molecule is C#Cc1c(F)ccc2cc(O)cc(-c3nc4c5c(nc(OC[C@@]67CCCN6C[C@H](F)C7)nc5c3F)N3C[C@@]5(F)CC[C@](F)(N5)[C@H]3CCC4)c12. The van der Waals surface area contributed by atoms with Crippen molar-refractivity contribution in [3.05, 3.63) is 47.2 Å². The highest BCUT2D eigenvalue weighted by atomic mass is 19.2. The van der Waals surface area contributed by atoms with Crippen LogP contribution in [-0.4, -0.2) is 80.5 Å². The van der Waals surface area contributed by atoms with Gasteiger partial charge in [0.25, 0.3) is 0 Å². The van der Waals surface area contributed by atoms with Crippen LogP contribution in [-0.2, 0) is 6.42 Å². The fourth-order valence-corrected chi connectivity index (χ4v) is 9.18. The lowest BCUT2D eigenvalue weighted by Gasteiger charge is -2.47. The predicted molar refractivity (Wildman–Crippen MR) is 172 cm³/mol. The summed E-state index contributed by atoms with van der Waals surface area (Å²) >= 11 is 0. The molecular weight excluding hydrogens is 643 g/mol. The van der Waals surface area contributed by atoms with Gasteiger partial charge in [0.1, 0.15) is 41.4 Å². The summed E-state index contributed by atoms with van der Waals surface area (Å²) in [5.41, 5.74) is -0.656. The maximum Gasteiger partial charge on any atom is 0.319 e. The molecule has 0 saturated carbocycles. The normalized spacial score (nSPS) is 30.7. The van der Waals surface area contributed by atoms with Gasteiger partial charge in [-0.15, -0.1) is 6.42 Å². The highest BCUT2D eigenvalue weighted by molar-refractivity contribution is 6.03. The molecule has 0 unspecified atom stereocenters. The molecule has 0 spiro atoms. The van der Waals surface area contributed by atoms with Crippen LogP contribution in [0.2, 0.25) is 0 Å². The zero-order valence-electron chi connectivity index (χ0n) is 26.5. The molecule has 5 atom stereocenters. The molecule has 2 aromatic carbocycles. The summed E-state index contributed by atoms with van der Waals surface area (Å²) in [6, 6.07) is 4.28. The largest absolute Gasteiger partial charge is 0.508 e. The van der Waals surface area contributed by atoms with Crippen molar-refractivity contribution in [1.82, 2.24) is 25.2 Å². The number of hydrogen-bond donors (Lipinski definition) is 2. The molecule has 4 saturated heterocycles. The summed E-state index contributed by atoms with van der Waals surface area (Å²) in [6.07, 6.45) is 7.58. The van der Waals surface area contributed by atoms with Crippen LogP contribution in [0.15, 0.2) is 24.3 Å². The Balaban J connectivity index is 1.27. The number of fused-ring (bicyclic) bond motifs is 7. The Hall–Kier alpha value is -4.28. The Bertz CT molecular complexity index is 2110. The Morgan fingerprint density at radius 2 is 1.94 bits per heavy atom. The average molecular weight is 677 g/mol. The van der Waals surface area contributed by atoms with Gasteiger partial charge in [0.05, 0.1) is 34.8 Å². The Kier molecular flexibility index (Phi) is 6.66. The van der Waals surface area contributed by atoms with Crippen LogP contribution in [0, 0.1) is 24.0 Å². The number of halogens is 5. The number of pyridine rings is 1. The van der Waals surface area contributed by atoms with E-state index in [1.807, 2.05) is 0 Å². The first-order valence-electron chi connectivity index (χ1n) is 16.8. The molecule has 2 N–H and O–H groups in total. The van der Waals surface area contributed by atoms with Gasteiger partial charge >= 0.3 is 6.01 Å². The van der Waals surface area contributed by atoms with E-state index in [0.29, 0.717) is 36.9 Å². The van der Waals surface area contributed by atoms with Crippen molar-refractivity contribution >= 4 is 27.5 Å². The molecule has 0 amide bonds. The number of aromatic hydroxyl groups is 1. The van der Waals surface area contributed by atoms with E-state index in [0.717, 1.165) is 13.0 Å². The third kappa shape index (κ3) is 4.59. The number of rotatable bonds is 4. The molecule has 4 fully saturated rings. The van der Waals surface area contributed by atoms with Crippen molar-refractivity contribution < 1.29 is 31.8 Å². The fraction of sp³-hybridized carbons (Fsp3) is 0.472. The van der Waals surface area contributed by atoms with Gasteiger partial charge in [-0.25, -0.2) is 32.3 Å². The Labute approximate surface area is 278 Å². The standard InChI is InChI=1S/C36H33F5N6O2/c1-2-22-24(38)8-7-19-13-21(48)14-23(27(19)22)30-29(39)31-28-25(42-30)5-3-6-26-36(41)11-10-35(40,45-36)17-47(26)32(28)44-33(43-31)49-18-34-9-4-12-46(34)16-20(37)15-34/h1,7-8,13-14,20,26,45,48H,3-6,9-12,15-18H2/t20-,26-,34+,35-,36+/m1/s1. The van der Waals surface area contributed by atoms with E-state index in [9.17, 15) is 13.9 Å². The molecule has 5 aliphatic rings. The third-order valence-electron chi connectivity index (χ3n) is 11.3. The number of nitrogens with one attached hydrogen (secondary N) is 1. The molecule has 7 heterocycles. The maximum absolute atomic E-state index is 17.2. The van der Waals surface area contributed by atoms with Crippen LogP contribution in [0.4, 0.5) is 27.8 Å². The van der Waals surface area contributed by atoms with E-state index in [4.69, 9.17) is 21.1 Å². The number of phenols is 1. The van der Waals surface area contributed by atoms with Gasteiger partial charge < -0.3 is 14.7 Å². The van der Waals surface area contributed by atoms with Crippen molar-refractivity contribution in [3.63, 3.8) is 0 Å². The number of ether oxygens (including phenoxy) is 1. The second-order valence-electron chi connectivity index (χ2n) is 14.3. The number of alkyl halides is 3. The van der Waals surface area contributed by atoms with E-state index in [2.05, 4.69) is 21.1 Å². The average Bonchev–Trinajstić information content (AvgIpc) is 3.68. The maximum atomic E-state index is 17.2. The summed E-state index contributed by atoms with van der Waals surface area (Å²) in [4.78, 5) is 17.6. The smallest absolute Gasteiger partial charge is 0.319 e. The summed E-state index contributed by atoms with van der Waals surface area (Å²) in [7, 11) is 0. The second kappa shape index (κ2) is 10.6. The van der Waals surface area contributed by atoms with Gasteiger partial charge in [0.15, 0.2) is 17.4 Å². The molecule has 13 heteroatoms. The topological polar surface area (TPSA) is 86.6 Å². The summed E-state index contributed by atoms with van der Waals surface area (Å²) in [6.45, 7) is 0.856. The fourth-order valence-electron chi connectivity index (χ4n) is 9.18. The highest BCUT2D eigenvalue weighted by Crippen LogP contribution is 2.49. The minimum Gasteiger partial charge on any atom is -0.508 e. The molecule has 0 radical (unpaired) electrons. The Morgan fingerprint density at radius 3 is 2.78 bits per heavy atom. The monoisotopic (exact) mass is 676 g/mol. The minimum absolute atomic E-state index is 0.0257. The van der Waals surface area contributed by atoms with Crippen molar-refractivity contribution in [1.29, 1.82) is 0 Å². The van der Waals surface area contributed by atoms with Crippen LogP contribution in [0.3, 0.4) is 0 Å². The van der Waals surface area contributed by atoms with Crippen LogP contribution in [0.5, 0.6) is 11.8 Å². The number of anilines is 1. The molecule has 2 bridgehead atoms. The lowest BCUT2D eigenvalue weighted by Crippen LogP contribution is -2.68. The number of terminal acetylenes is 1. The Morgan fingerprint density at radius 1 is 1.08 bits per heavy atom. The van der Waals surface area contributed by atoms with Gasteiger partial charge in [-0.1, -0.05) is 12.0 Å². The lowest BCUT2D eigenvalue weighted by molar-refractivity contribution is 0.00892. The zero-order valence-corrected chi connectivity index (χ0v) is 26.5. The first kappa shape index (κ1) is 30.8. The van der Waals surface area contributed by atoms with Crippen molar-refractivity contribution in [3.8, 4) is 35.4 Å². The van der Waals surface area contributed by atoms with Crippen LogP contribution < -0.4 is 15.0 Å². The van der Waals surface area contributed by atoms with E-state index < -0.39 is 41.0 Å². The summed E-state index contributed by atoms with van der Waals surface area (Å²) in [5.74, 6) is -3.43. The van der Waals surface area contributed by atoms with Gasteiger partial charge in [-0.3, -0.25) is 4.90 Å². The molecule has 49 heavy (non-hydrogen) atoms. The molecule has 2 aromatic heterocycles.